The molecule has 3 N–H and O–H groups in total. The lowest BCUT2D eigenvalue weighted by atomic mass is 10.0. The van der Waals surface area contributed by atoms with Crippen LogP contribution >= 0.6 is 0 Å². The van der Waals surface area contributed by atoms with E-state index in [1.54, 1.807) is 0 Å². The Labute approximate surface area is 156 Å². The Morgan fingerprint density at radius 3 is 1.93 bits per heavy atom. The van der Waals surface area contributed by atoms with Gasteiger partial charge < -0.3 is 24.2 Å². The molecule has 0 heterocycles. The number of aromatic hydroxyl groups is 2. The molecule has 0 aliphatic rings. The molecule has 0 aliphatic carbocycles. The summed E-state index contributed by atoms with van der Waals surface area (Å²) in [5, 5.41) is 20.4. The van der Waals surface area contributed by atoms with Crippen molar-refractivity contribution in [3.63, 3.8) is 0 Å². The van der Waals surface area contributed by atoms with Crippen molar-refractivity contribution in [2.75, 3.05) is 14.2 Å². The fraction of sp³-hybridized carbons (Fsp3) is 0.133. The van der Waals surface area contributed by atoms with Crippen LogP contribution in [0.1, 0.15) is 15.9 Å². The Morgan fingerprint density at radius 1 is 1.00 bits per heavy atom. The van der Waals surface area contributed by atoms with E-state index in [4.69, 9.17) is 14.0 Å². The van der Waals surface area contributed by atoms with Crippen molar-refractivity contribution in [1.29, 1.82) is 0 Å². The topological polar surface area (TPSA) is 170 Å². The number of hydrogen-bond donors (Lipinski definition) is 3. The van der Waals surface area contributed by atoms with Gasteiger partial charge in [-0.2, -0.15) is 8.42 Å². The molecule has 10 nitrogen and oxygen atoms in total. The molecule has 0 radical (unpaired) electrons. The molecule has 146 valence electrons. The van der Waals surface area contributed by atoms with Gasteiger partial charge in [0, 0.05) is 0 Å². The first kappa shape index (κ1) is 20.6. The van der Waals surface area contributed by atoms with Crippen LogP contribution in [-0.4, -0.2) is 51.9 Å². The quantitative estimate of drug-likeness (QED) is 0.347. The van der Waals surface area contributed by atoms with E-state index in [-0.39, 0.29) is 0 Å². The Bertz CT molecular complexity index is 1040. The van der Waals surface area contributed by atoms with Crippen LogP contribution in [0.15, 0.2) is 34.1 Å². The van der Waals surface area contributed by atoms with Gasteiger partial charge in [0.1, 0.15) is 4.90 Å². The van der Waals surface area contributed by atoms with Crippen molar-refractivity contribution in [3.05, 3.63) is 35.4 Å². The van der Waals surface area contributed by atoms with Crippen LogP contribution in [0, 0.1) is 0 Å². The van der Waals surface area contributed by atoms with Gasteiger partial charge in [-0.05, 0) is 35.3 Å². The van der Waals surface area contributed by atoms with Gasteiger partial charge in [0.05, 0.1) is 30.2 Å². The van der Waals surface area contributed by atoms with Gasteiger partial charge in [-0.3, -0.25) is 13.6 Å². The number of rotatable bonds is 6. The molecule has 0 saturated carbocycles. The summed E-state index contributed by atoms with van der Waals surface area (Å²) in [7, 11) is -2.65. The molecule has 2 aromatic carbocycles. The number of ketones is 1. The zero-order chi connectivity index (χ0) is 20.5. The zero-order valence-electron chi connectivity index (χ0n) is 13.8. The van der Waals surface area contributed by atoms with Gasteiger partial charge >= 0.3 is 0 Å². The average Bonchev–Trinajstić information content (AvgIpc) is 2.59. The fourth-order valence-electron chi connectivity index (χ4n) is 2.35. The first-order chi connectivity index (χ1) is 12.5. The highest BCUT2D eigenvalue weighted by atomic mass is 32.2. The summed E-state index contributed by atoms with van der Waals surface area (Å²) >= 11 is -2.75. The van der Waals surface area contributed by atoms with E-state index in [0.29, 0.717) is 0 Å². The number of phenols is 2. The number of carbonyl (C=O) groups is 1. The number of benzene rings is 2. The summed E-state index contributed by atoms with van der Waals surface area (Å²) in [4.78, 5) is 11.5. The molecular formula is C15H13O10S2-. The van der Waals surface area contributed by atoms with Crippen LogP contribution in [0.3, 0.4) is 0 Å². The summed E-state index contributed by atoms with van der Waals surface area (Å²) in [6, 6.07) is 3.73. The number of methoxy groups -OCH3 is 2. The highest BCUT2D eigenvalue weighted by Gasteiger charge is 2.27. The second-order valence-electron chi connectivity index (χ2n) is 5.03. The van der Waals surface area contributed by atoms with E-state index >= 15 is 0 Å². The fourth-order valence-corrected chi connectivity index (χ4v) is 3.51. The Morgan fingerprint density at radius 2 is 1.48 bits per heavy atom. The summed E-state index contributed by atoms with van der Waals surface area (Å²) in [5.74, 6) is -3.82. The third-order valence-corrected chi connectivity index (χ3v) is 5.10. The molecule has 1 unspecified atom stereocenters. The summed E-state index contributed by atoms with van der Waals surface area (Å²) in [6.07, 6.45) is 0. The molecule has 1 atom stereocenters. The zero-order valence-corrected chi connectivity index (χ0v) is 15.5. The molecule has 0 fully saturated rings. The van der Waals surface area contributed by atoms with E-state index in [2.05, 4.69) is 0 Å². The minimum Gasteiger partial charge on any atom is -0.768 e. The lowest BCUT2D eigenvalue weighted by Gasteiger charge is -2.16. The van der Waals surface area contributed by atoms with Gasteiger partial charge in [0.15, 0.2) is 23.0 Å². The van der Waals surface area contributed by atoms with Crippen LogP contribution in [0.5, 0.6) is 23.0 Å². The number of phenolic OH excluding ortho intramolecular Hbond substituents is 2. The lowest BCUT2D eigenvalue weighted by Crippen LogP contribution is -2.08. The van der Waals surface area contributed by atoms with E-state index in [1.165, 1.54) is 0 Å². The summed E-state index contributed by atoms with van der Waals surface area (Å²) < 4.78 is 63.6. The smallest absolute Gasteiger partial charge is 0.298 e. The third-order valence-electron chi connectivity index (χ3n) is 3.55. The van der Waals surface area contributed by atoms with E-state index in [1.807, 2.05) is 0 Å². The Balaban J connectivity index is 2.68. The molecule has 2 rings (SSSR count). The van der Waals surface area contributed by atoms with Gasteiger partial charge in [-0.15, -0.1) is 0 Å². The van der Waals surface area contributed by atoms with Gasteiger partial charge in [0.25, 0.3) is 10.1 Å². The van der Waals surface area contributed by atoms with E-state index in [9.17, 15) is 32.2 Å². The van der Waals surface area contributed by atoms with Crippen LogP contribution in [0.4, 0.5) is 0 Å². The Kier molecular flexibility index (Phi) is 5.75. The second-order valence-corrected chi connectivity index (χ2v) is 7.32. The van der Waals surface area contributed by atoms with E-state index in [0.717, 1.165) is 38.5 Å². The molecule has 0 aromatic heterocycles. The maximum Gasteiger partial charge on any atom is 0.298 e. The van der Waals surface area contributed by atoms with Crippen molar-refractivity contribution in [3.8, 4) is 23.0 Å². The minimum atomic E-state index is -4.74. The van der Waals surface area contributed by atoms with Crippen molar-refractivity contribution >= 4 is 27.0 Å². The number of carbonyl (C=O) groups excluding carboxylic acids is 1. The van der Waals surface area contributed by atoms with Gasteiger partial charge in [0.2, 0.25) is 5.78 Å². The van der Waals surface area contributed by atoms with Crippen LogP contribution in [0.2, 0.25) is 0 Å². The highest BCUT2D eigenvalue weighted by Crippen LogP contribution is 2.40. The summed E-state index contributed by atoms with van der Waals surface area (Å²) in [5.41, 5.74) is -0.884. The van der Waals surface area contributed by atoms with Crippen molar-refractivity contribution in [2.45, 2.75) is 9.79 Å². The number of hydrogen-bond acceptors (Lipinski definition) is 9. The van der Waals surface area contributed by atoms with Crippen LogP contribution in [-0.2, 0) is 21.2 Å². The maximum absolute atomic E-state index is 12.7. The predicted molar refractivity (Wildman–Crippen MR) is 89.8 cm³/mol. The molecule has 0 amide bonds. The van der Waals surface area contributed by atoms with Crippen molar-refractivity contribution in [2.24, 2.45) is 0 Å². The lowest BCUT2D eigenvalue weighted by molar-refractivity contribution is 0.103. The molecule has 27 heavy (non-hydrogen) atoms. The second kappa shape index (κ2) is 7.52. The largest absolute Gasteiger partial charge is 0.768 e. The normalized spacial score (nSPS) is 12.4. The molecule has 2 aromatic rings. The molecule has 12 heteroatoms. The Hall–Kier alpha value is -2.67. The summed E-state index contributed by atoms with van der Waals surface area (Å²) in [6.45, 7) is 0. The molecule has 0 saturated heterocycles. The first-order valence-corrected chi connectivity index (χ1v) is 9.47. The number of ether oxygens (including phenoxy) is 2. The average molecular weight is 417 g/mol. The monoisotopic (exact) mass is 417 g/mol. The van der Waals surface area contributed by atoms with Gasteiger partial charge in [-0.25, -0.2) is 0 Å². The van der Waals surface area contributed by atoms with Crippen LogP contribution in [0.25, 0.3) is 0 Å². The molecular weight excluding hydrogens is 404 g/mol. The van der Waals surface area contributed by atoms with Crippen molar-refractivity contribution in [1.82, 2.24) is 0 Å². The molecule has 0 aliphatic heterocycles. The van der Waals surface area contributed by atoms with E-state index < -0.39 is 70.9 Å². The first-order valence-electron chi connectivity index (χ1n) is 6.95. The standard InChI is InChI=1S/C15H14O10S2/c1-24-14-9(26(19)20)5-3-7(12(14)17)11(16)8-4-6-10(27(21,22)23)15(25-2)13(8)18/h3-6,17-18H,1-2H3,(H,19,20)(H,21,22,23)/p-1. The highest BCUT2D eigenvalue weighted by molar-refractivity contribution is 7.86. The SMILES string of the molecule is COc1c(S(=O)[O-])ccc(C(=O)c2ccc(S(=O)(=O)O)c(OC)c2O)c1O. The molecule has 0 bridgehead atoms. The van der Waals surface area contributed by atoms with Crippen molar-refractivity contribution < 1.29 is 46.2 Å². The maximum atomic E-state index is 12.7. The van der Waals surface area contributed by atoms with Crippen LogP contribution < -0.4 is 9.47 Å². The molecule has 0 spiro atoms. The minimum absolute atomic E-state index is 0.393. The predicted octanol–water partition coefficient (Wildman–Crippen LogP) is 0.831. The third kappa shape index (κ3) is 3.73. The van der Waals surface area contributed by atoms with Gasteiger partial charge in [-0.1, -0.05) is 0 Å².